The molecule has 2 aliphatic heterocycles. The molecule has 3 aromatic rings. The van der Waals surface area contributed by atoms with Gasteiger partial charge in [-0.05, 0) is 85.1 Å². The number of carbonyl (C=O) groups excluding carboxylic acids is 4. The zero-order valence-electron chi connectivity index (χ0n) is 33.4. The number of imide groups is 1. The fourth-order valence-corrected chi connectivity index (χ4v) is 5.63. The number of aromatic nitrogens is 3. The van der Waals surface area contributed by atoms with Crippen LogP contribution in [0, 0.1) is 5.92 Å². The molecule has 1 aromatic carbocycles. The number of rotatable bonds is 4. The molecule has 2 saturated heterocycles. The van der Waals surface area contributed by atoms with Crippen molar-refractivity contribution in [1.29, 1.82) is 0 Å². The third-order valence-corrected chi connectivity index (χ3v) is 7.73. The number of piperidine rings is 1. The van der Waals surface area contributed by atoms with Crippen LogP contribution >= 0.6 is 0 Å². The number of nitrogens with zero attached hydrogens (tertiary/aromatic N) is 5. The number of ether oxygens (including phenoxy) is 3. The topological polar surface area (TPSA) is 145 Å². The molecule has 2 aromatic heterocycles. The van der Waals surface area contributed by atoms with Gasteiger partial charge in [-0.15, -0.1) is 0 Å². The minimum Gasteiger partial charge on any atom is -0.443 e. The maximum atomic E-state index is 14.0. The average molecular weight is 668 g/mol. The molecule has 0 bridgehead atoms. The SMILES string of the molecule is [2H]c1c([2H])c([2H])c(C2CC[C@H](C)CN2C(=O)C(=O)Nc2cnc(N(C(=O)OC(C)(C)C)C(=O)OC(C)(C)C)c3cn(C4CCCCO4)nc23)c([2H])c1[2H]. The second-order valence-corrected chi connectivity index (χ2v) is 14.1. The lowest BCUT2D eigenvalue weighted by Gasteiger charge is -2.38. The van der Waals surface area contributed by atoms with Gasteiger partial charge in [0.25, 0.3) is 0 Å². The minimum atomic E-state index is -1.09. The van der Waals surface area contributed by atoms with Gasteiger partial charge in [0, 0.05) is 19.3 Å². The first-order valence-electron chi connectivity index (χ1n) is 18.6. The summed E-state index contributed by atoms with van der Waals surface area (Å²) in [6, 6.07) is -3.46. The normalized spacial score (nSPS) is 21.7. The van der Waals surface area contributed by atoms with Crippen LogP contribution in [0.5, 0.6) is 0 Å². The Hall–Kier alpha value is -4.52. The van der Waals surface area contributed by atoms with Gasteiger partial charge in [0.2, 0.25) is 0 Å². The fourth-order valence-electron chi connectivity index (χ4n) is 5.63. The molecule has 2 fully saturated rings. The largest absolute Gasteiger partial charge is 0.443 e. The highest BCUT2D eigenvalue weighted by atomic mass is 16.6. The van der Waals surface area contributed by atoms with Gasteiger partial charge in [-0.1, -0.05) is 37.1 Å². The summed E-state index contributed by atoms with van der Waals surface area (Å²) >= 11 is 0. The van der Waals surface area contributed by atoms with Crippen molar-refractivity contribution in [3.8, 4) is 0 Å². The molecule has 4 amide bonds. The van der Waals surface area contributed by atoms with Gasteiger partial charge in [-0.3, -0.25) is 9.59 Å². The summed E-state index contributed by atoms with van der Waals surface area (Å²) in [4.78, 5) is 61.2. The quantitative estimate of drug-likeness (QED) is 0.299. The third-order valence-electron chi connectivity index (χ3n) is 7.73. The van der Waals surface area contributed by atoms with Crippen LogP contribution < -0.4 is 10.2 Å². The molecule has 13 heteroatoms. The van der Waals surface area contributed by atoms with E-state index in [1.807, 2.05) is 6.92 Å². The molecular formula is C35H46N6O7. The first kappa shape index (κ1) is 28.5. The van der Waals surface area contributed by atoms with Crippen LogP contribution in [0.4, 0.5) is 21.1 Å². The lowest BCUT2D eigenvalue weighted by Crippen LogP contribution is -2.46. The number of amides is 4. The Kier molecular flexibility index (Phi) is 8.26. The number of carbonyl (C=O) groups is 4. The van der Waals surface area contributed by atoms with Crippen molar-refractivity contribution < 1.29 is 40.2 Å². The minimum absolute atomic E-state index is 0.0191. The monoisotopic (exact) mass is 667 g/mol. The molecule has 5 rings (SSSR count). The van der Waals surface area contributed by atoms with E-state index in [-0.39, 0.29) is 46.9 Å². The van der Waals surface area contributed by atoms with Crippen molar-refractivity contribution in [3.63, 3.8) is 0 Å². The van der Waals surface area contributed by atoms with E-state index in [4.69, 9.17) is 21.1 Å². The highest BCUT2D eigenvalue weighted by molar-refractivity contribution is 6.40. The Morgan fingerprint density at radius 1 is 0.979 bits per heavy atom. The van der Waals surface area contributed by atoms with Crippen LogP contribution in [0.2, 0.25) is 0 Å². The lowest BCUT2D eigenvalue weighted by molar-refractivity contribution is -0.146. The number of likely N-dealkylation sites (tertiary alicyclic amines) is 1. The van der Waals surface area contributed by atoms with Crippen molar-refractivity contribution in [2.45, 2.75) is 104 Å². The molecular weight excluding hydrogens is 616 g/mol. The number of benzene rings is 1. The van der Waals surface area contributed by atoms with Gasteiger partial charge in [0.05, 0.1) is 30.2 Å². The number of fused-ring (bicyclic) bond motifs is 1. The van der Waals surface area contributed by atoms with E-state index in [1.165, 1.54) is 15.8 Å². The molecule has 3 atom stereocenters. The number of hydrogen-bond acceptors (Lipinski definition) is 9. The first-order chi connectivity index (χ1) is 24.7. The summed E-state index contributed by atoms with van der Waals surface area (Å²) in [5.74, 6) is -2.32. The Morgan fingerprint density at radius 2 is 1.65 bits per heavy atom. The number of pyridine rings is 1. The molecule has 0 spiro atoms. The van der Waals surface area contributed by atoms with Gasteiger partial charge in [0.15, 0.2) is 5.82 Å². The molecule has 2 unspecified atom stereocenters. The zero-order chi connectivity index (χ0) is 39.2. The standard InChI is InChI=1S/C35H46N6O7/c1-22-16-17-26(23-13-9-8-10-14-23)39(20-22)31(43)30(42)37-25-19-36-29(24-21-40(38-28(24)25)27-15-11-12-18-46-27)41(32(44)47-34(2,3)4)33(45)48-35(5,6)7/h8-10,13-14,19,21-22,26-27H,11-12,15-18,20H2,1-7H3,(H,37,42)/t22-,26?,27?/m0/s1/i8D,9D,10D,13D,14D. The molecule has 1 N–H and O–H groups in total. The third kappa shape index (κ3) is 8.12. The van der Waals surface area contributed by atoms with Crippen molar-refractivity contribution >= 4 is 46.4 Å². The highest BCUT2D eigenvalue weighted by Crippen LogP contribution is 2.36. The molecule has 258 valence electrons. The van der Waals surface area contributed by atoms with Crippen LogP contribution in [0.1, 0.15) is 105 Å². The number of nitrogens with one attached hydrogen (secondary N) is 1. The molecule has 13 nitrogen and oxygen atoms in total. The van der Waals surface area contributed by atoms with Crippen LogP contribution in [0.15, 0.2) is 42.6 Å². The van der Waals surface area contributed by atoms with Crippen LogP contribution in [0.3, 0.4) is 0 Å². The number of hydrogen-bond donors (Lipinski definition) is 1. The second-order valence-electron chi connectivity index (χ2n) is 14.1. The Morgan fingerprint density at radius 3 is 2.25 bits per heavy atom. The van der Waals surface area contributed by atoms with Crippen molar-refractivity contribution in [3.05, 3.63) is 48.2 Å². The van der Waals surface area contributed by atoms with Gasteiger partial charge in [0.1, 0.15) is 22.9 Å². The van der Waals surface area contributed by atoms with Crippen LogP contribution in [-0.2, 0) is 23.8 Å². The van der Waals surface area contributed by atoms with E-state index in [2.05, 4.69) is 15.4 Å². The molecule has 48 heavy (non-hydrogen) atoms. The smallest absolute Gasteiger partial charge is 0.425 e. The molecule has 0 aliphatic carbocycles. The van der Waals surface area contributed by atoms with E-state index in [9.17, 15) is 19.2 Å². The predicted molar refractivity (Wildman–Crippen MR) is 179 cm³/mol. The van der Waals surface area contributed by atoms with E-state index in [0.29, 0.717) is 24.3 Å². The summed E-state index contributed by atoms with van der Waals surface area (Å²) in [6.07, 6.45) is 3.26. The molecule has 2 aliphatic rings. The summed E-state index contributed by atoms with van der Waals surface area (Å²) in [6.45, 7) is 12.3. The Balaban J connectivity index is 1.57. The van der Waals surface area contributed by atoms with E-state index in [1.54, 1.807) is 41.5 Å². The van der Waals surface area contributed by atoms with Crippen LogP contribution in [-0.4, -0.2) is 68.0 Å². The summed E-state index contributed by atoms with van der Waals surface area (Å²) in [5.41, 5.74) is -1.99. The van der Waals surface area contributed by atoms with Gasteiger partial charge in [-0.25, -0.2) is 19.3 Å². The van der Waals surface area contributed by atoms with E-state index >= 15 is 0 Å². The van der Waals surface area contributed by atoms with Gasteiger partial charge >= 0.3 is 24.0 Å². The lowest BCUT2D eigenvalue weighted by atomic mass is 9.90. The zero-order valence-corrected chi connectivity index (χ0v) is 28.4. The van der Waals surface area contributed by atoms with Crippen molar-refractivity contribution in [1.82, 2.24) is 19.7 Å². The van der Waals surface area contributed by atoms with Crippen molar-refractivity contribution in [2.75, 3.05) is 23.4 Å². The van der Waals surface area contributed by atoms with Gasteiger partial charge < -0.3 is 24.4 Å². The molecule has 0 saturated carbocycles. The van der Waals surface area contributed by atoms with E-state index in [0.717, 1.165) is 19.0 Å². The first-order valence-corrected chi connectivity index (χ1v) is 16.1. The summed E-state index contributed by atoms with van der Waals surface area (Å²) in [5, 5.41) is 7.40. The number of anilines is 2. The average Bonchev–Trinajstić information content (AvgIpc) is 3.53. The summed E-state index contributed by atoms with van der Waals surface area (Å²) in [7, 11) is 0. The molecule has 0 radical (unpaired) electrons. The fraction of sp³-hybridized carbons (Fsp3) is 0.543. The van der Waals surface area contributed by atoms with E-state index < -0.39 is 77.7 Å². The Labute approximate surface area is 287 Å². The maximum Gasteiger partial charge on any atom is 0.425 e. The molecule has 4 heterocycles. The van der Waals surface area contributed by atoms with Gasteiger partial charge in [-0.2, -0.15) is 10.00 Å². The maximum absolute atomic E-state index is 14.0. The summed E-state index contributed by atoms with van der Waals surface area (Å²) < 4.78 is 59.9. The second kappa shape index (κ2) is 13.9. The van der Waals surface area contributed by atoms with Crippen LogP contribution in [0.25, 0.3) is 10.9 Å². The van der Waals surface area contributed by atoms with Crippen molar-refractivity contribution in [2.24, 2.45) is 5.92 Å². The highest BCUT2D eigenvalue weighted by Gasteiger charge is 2.37. The Bertz CT molecular complexity index is 1880. The predicted octanol–water partition coefficient (Wildman–Crippen LogP) is 6.75.